The summed E-state index contributed by atoms with van der Waals surface area (Å²) in [7, 11) is 0. The van der Waals surface area contributed by atoms with Crippen molar-refractivity contribution in [2.75, 3.05) is 36.1 Å². The lowest BCUT2D eigenvalue weighted by atomic mass is 10.2. The SMILES string of the molecule is CC(CO)CSc1nc(N)nc(N2CCCC2)n1. The zero-order chi connectivity index (χ0) is 13.0. The fourth-order valence-corrected chi connectivity index (χ4v) is 2.60. The number of aliphatic hydroxyl groups is 1. The fourth-order valence-electron chi connectivity index (χ4n) is 1.75. The molecule has 1 atom stereocenters. The van der Waals surface area contributed by atoms with Gasteiger partial charge in [-0.05, 0) is 18.8 Å². The molecule has 0 spiro atoms. The third kappa shape index (κ3) is 3.46. The third-order valence-corrected chi connectivity index (χ3v) is 3.99. The molecule has 2 heterocycles. The normalized spacial score (nSPS) is 17.1. The molecule has 1 unspecified atom stereocenters. The van der Waals surface area contributed by atoms with Crippen molar-refractivity contribution in [1.82, 2.24) is 15.0 Å². The van der Waals surface area contributed by atoms with Crippen LogP contribution in [0.2, 0.25) is 0 Å². The molecule has 2 rings (SSSR count). The summed E-state index contributed by atoms with van der Waals surface area (Å²) in [6.07, 6.45) is 2.35. The summed E-state index contributed by atoms with van der Waals surface area (Å²) in [5, 5.41) is 9.64. The van der Waals surface area contributed by atoms with Crippen molar-refractivity contribution in [1.29, 1.82) is 0 Å². The Labute approximate surface area is 111 Å². The highest BCUT2D eigenvalue weighted by atomic mass is 32.2. The van der Waals surface area contributed by atoms with Gasteiger partial charge in [-0.3, -0.25) is 0 Å². The highest BCUT2D eigenvalue weighted by molar-refractivity contribution is 7.99. The first kappa shape index (κ1) is 13.4. The third-order valence-electron chi connectivity index (χ3n) is 2.82. The molecule has 3 N–H and O–H groups in total. The number of hydrogen-bond acceptors (Lipinski definition) is 7. The van der Waals surface area contributed by atoms with E-state index in [1.807, 2.05) is 6.92 Å². The Morgan fingerprint density at radius 3 is 2.72 bits per heavy atom. The van der Waals surface area contributed by atoms with Crippen LogP contribution in [0.3, 0.4) is 0 Å². The van der Waals surface area contributed by atoms with Crippen molar-refractivity contribution in [3.05, 3.63) is 0 Å². The van der Waals surface area contributed by atoms with Gasteiger partial charge in [-0.2, -0.15) is 15.0 Å². The van der Waals surface area contributed by atoms with Gasteiger partial charge in [0.1, 0.15) is 0 Å². The predicted octanol–water partition coefficient (Wildman–Crippen LogP) is 0.774. The molecule has 7 heteroatoms. The minimum Gasteiger partial charge on any atom is -0.396 e. The van der Waals surface area contributed by atoms with Crippen molar-refractivity contribution < 1.29 is 5.11 Å². The minimum absolute atomic E-state index is 0.173. The number of anilines is 2. The maximum atomic E-state index is 9.00. The quantitative estimate of drug-likeness (QED) is 0.763. The zero-order valence-corrected chi connectivity index (χ0v) is 11.4. The first-order valence-electron chi connectivity index (χ1n) is 6.19. The van der Waals surface area contributed by atoms with E-state index in [-0.39, 0.29) is 18.5 Å². The highest BCUT2D eigenvalue weighted by Crippen LogP contribution is 2.21. The van der Waals surface area contributed by atoms with Crippen LogP contribution in [0.25, 0.3) is 0 Å². The van der Waals surface area contributed by atoms with Crippen LogP contribution < -0.4 is 10.6 Å². The van der Waals surface area contributed by atoms with Gasteiger partial charge in [-0.15, -0.1) is 0 Å². The molecule has 0 aromatic carbocycles. The van der Waals surface area contributed by atoms with Gasteiger partial charge < -0.3 is 15.7 Å². The van der Waals surface area contributed by atoms with Crippen molar-refractivity contribution in [3.63, 3.8) is 0 Å². The van der Waals surface area contributed by atoms with Gasteiger partial charge in [0.2, 0.25) is 11.9 Å². The number of rotatable bonds is 5. The number of nitrogens with two attached hydrogens (primary N) is 1. The molecule has 18 heavy (non-hydrogen) atoms. The van der Waals surface area contributed by atoms with Gasteiger partial charge >= 0.3 is 0 Å². The smallest absolute Gasteiger partial charge is 0.231 e. The molecule has 100 valence electrons. The van der Waals surface area contributed by atoms with Gasteiger partial charge in [0.15, 0.2) is 5.16 Å². The van der Waals surface area contributed by atoms with Crippen LogP contribution >= 0.6 is 11.8 Å². The van der Waals surface area contributed by atoms with E-state index in [1.165, 1.54) is 24.6 Å². The molecule has 1 saturated heterocycles. The standard InChI is InChI=1S/C11H19N5OS/c1-8(6-17)7-18-11-14-9(12)13-10(15-11)16-4-2-3-5-16/h8,17H,2-7H2,1H3,(H2,12,13,14,15). The van der Waals surface area contributed by atoms with Crippen LogP contribution in [0.15, 0.2) is 5.16 Å². The number of aliphatic hydroxyl groups excluding tert-OH is 1. The van der Waals surface area contributed by atoms with E-state index in [9.17, 15) is 0 Å². The fraction of sp³-hybridized carbons (Fsp3) is 0.727. The Morgan fingerprint density at radius 1 is 1.33 bits per heavy atom. The van der Waals surface area contributed by atoms with Crippen LogP contribution in [0.4, 0.5) is 11.9 Å². The molecule has 1 fully saturated rings. The zero-order valence-electron chi connectivity index (χ0n) is 10.5. The number of hydrogen-bond donors (Lipinski definition) is 2. The summed E-state index contributed by atoms with van der Waals surface area (Å²) in [5.74, 6) is 1.95. The Morgan fingerprint density at radius 2 is 2.06 bits per heavy atom. The van der Waals surface area contributed by atoms with Crippen LogP contribution in [0.1, 0.15) is 19.8 Å². The van der Waals surface area contributed by atoms with Crippen molar-refractivity contribution >= 4 is 23.7 Å². The van der Waals surface area contributed by atoms with E-state index >= 15 is 0 Å². The van der Waals surface area contributed by atoms with Crippen molar-refractivity contribution in [2.45, 2.75) is 24.9 Å². The summed E-state index contributed by atoms with van der Waals surface area (Å²) < 4.78 is 0. The molecule has 0 radical (unpaired) electrons. The lowest BCUT2D eigenvalue weighted by molar-refractivity contribution is 0.250. The Kier molecular flexibility index (Phi) is 4.60. The summed E-state index contributed by atoms with van der Waals surface area (Å²) in [6, 6.07) is 0. The van der Waals surface area contributed by atoms with Gasteiger partial charge in [-0.1, -0.05) is 18.7 Å². The molecule has 1 aliphatic heterocycles. The lowest BCUT2D eigenvalue weighted by Crippen LogP contribution is -2.21. The van der Waals surface area contributed by atoms with E-state index in [1.54, 1.807) is 0 Å². The van der Waals surface area contributed by atoms with Gasteiger partial charge in [0, 0.05) is 25.4 Å². The summed E-state index contributed by atoms with van der Waals surface area (Å²) in [4.78, 5) is 14.9. The van der Waals surface area contributed by atoms with Crippen LogP contribution in [0.5, 0.6) is 0 Å². The van der Waals surface area contributed by atoms with Crippen LogP contribution in [-0.2, 0) is 0 Å². The average Bonchev–Trinajstić information content (AvgIpc) is 2.89. The number of aromatic nitrogens is 3. The molecular formula is C11H19N5OS. The molecule has 1 aromatic heterocycles. The summed E-state index contributed by atoms with van der Waals surface area (Å²) in [5.41, 5.74) is 5.71. The Hall–Kier alpha value is -1.08. The van der Waals surface area contributed by atoms with E-state index in [0.29, 0.717) is 11.1 Å². The van der Waals surface area contributed by atoms with Gasteiger partial charge in [0.25, 0.3) is 0 Å². The molecule has 0 amide bonds. The largest absolute Gasteiger partial charge is 0.396 e. The molecule has 0 bridgehead atoms. The summed E-state index contributed by atoms with van der Waals surface area (Å²) in [6.45, 7) is 4.13. The number of thioether (sulfide) groups is 1. The first-order chi connectivity index (χ1) is 8.69. The molecule has 1 aliphatic rings. The van der Waals surface area contributed by atoms with E-state index in [2.05, 4.69) is 19.9 Å². The minimum atomic E-state index is 0.173. The maximum absolute atomic E-state index is 9.00. The number of nitrogen functional groups attached to an aromatic ring is 1. The van der Waals surface area contributed by atoms with Crippen LogP contribution in [0, 0.1) is 5.92 Å². The monoisotopic (exact) mass is 269 g/mol. The second-order valence-corrected chi connectivity index (χ2v) is 5.56. The maximum Gasteiger partial charge on any atom is 0.231 e. The number of nitrogens with zero attached hydrogens (tertiary/aromatic N) is 4. The molecule has 0 aliphatic carbocycles. The predicted molar refractivity (Wildman–Crippen MR) is 72.7 cm³/mol. The second kappa shape index (κ2) is 6.19. The lowest BCUT2D eigenvalue weighted by Gasteiger charge is -2.15. The van der Waals surface area contributed by atoms with Crippen molar-refractivity contribution in [3.8, 4) is 0 Å². The topological polar surface area (TPSA) is 88.2 Å². The summed E-state index contributed by atoms with van der Waals surface area (Å²) >= 11 is 1.51. The highest BCUT2D eigenvalue weighted by Gasteiger charge is 2.17. The molecule has 1 aromatic rings. The Bertz CT molecular complexity index is 397. The Balaban J connectivity index is 2.06. The van der Waals surface area contributed by atoms with Gasteiger partial charge in [0.05, 0.1) is 0 Å². The van der Waals surface area contributed by atoms with E-state index in [0.717, 1.165) is 18.8 Å². The average molecular weight is 269 g/mol. The van der Waals surface area contributed by atoms with E-state index < -0.39 is 0 Å². The van der Waals surface area contributed by atoms with E-state index in [4.69, 9.17) is 10.8 Å². The van der Waals surface area contributed by atoms with Gasteiger partial charge in [-0.25, -0.2) is 0 Å². The molecular weight excluding hydrogens is 250 g/mol. The first-order valence-corrected chi connectivity index (χ1v) is 7.17. The van der Waals surface area contributed by atoms with Crippen LogP contribution in [-0.4, -0.2) is 45.5 Å². The van der Waals surface area contributed by atoms with Crippen molar-refractivity contribution in [2.24, 2.45) is 5.92 Å². The molecule has 0 saturated carbocycles. The molecule has 6 nitrogen and oxygen atoms in total. The second-order valence-electron chi connectivity index (χ2n) is 4.57.